The normalized spacial score (nSPS) is 16.8. The smallest absolute Gasteiger partial charge is 0.339 e. The van der Waals surface area contributed by atoms with E-state index < -0.39 is 26.0 Å². The second-order valence-corrected chi connectivity index (χ2v) is 11.0. The number of rotatable bonds is 6. The van der Waals surface area contributed by atoms with Crippen LogP contribution < -0.4 is 4.72 Å². The molecule has 0 unspecified atom stereocenters. The third-order valence-corrected chi connectivity index (χ3v) is 9.32. The fourth-order valence-corrected chi connectivity index (χ4v) is 6.98. The van der Waals surface area contributed by atoms with Crippen LogP contribution in [-0.2, 0) is 24.8 Å². The molecule has 1 fully saturated rings. The summed E-state index contributed by atoms with van der Waals surface area (Å²) in [6, 6.07) is 8.71. The van der Waals surface area contributed by atoms with Gasteiger partial charge < -0.3 is 4.74 Å². The molecule has 11 heteroatoms. The average Bonchev–Trinajstić information content (AvgIpc) is 3.23. The highest BCUT2D eigenvalue weighted by atomic mass is 32.2. The summed E-state index contributed by atoms with van der Waals surface area (Å²) in [5.74, 6) is -0.724. The van der Waals surface area contributed by atoms with E-state index in [9.17, 15) is 21.6 Å². The summed E-state index contributed by atoms with van der Waals surface area (Å²) < 4.78 is 59.4. The monoisotopic (exact) mass is 444 g/mol. The Balaban J connectivity index is 1.72. The summed E-state index contributed by atoms with van der Waals surface area (Å²) >= 11 is 1.13. The Morgan fingerprint density at radius 2 is 1.79 bits per heavy atom. The van der Waals surface area contributed by atoms with Crippen molar-refractivity contribution in [1.29, 1.82) is 0 Å². The summed E-state index contributed by atoms with van der Waals surface area (Å²) in [5, 5.41) is 1.68. The molecule has 28 heavy (non-hydrogen) atoms. The summed E-state index contributed by atoms with van der Waals surface area (Å²) in [7, 11) is -6.31. The van der Waals surface area contributed by atoms with Gasteiger partial charge in [0.25, 0.3) is 0 Å². The van der Waals surface area contributed by atoms with Crippen molar-refractivity contribution in [2.24, 2.45) is 0 Å². The maximum absolute atomic E-state index is 13.0. The third-order valence-electron chi connectivity index (χ3n) is 4.45. The molecule has 0 atom stereocenters. The molecule has 0 spiro atoms. The van der Waals surface area contributed by atoms with Crippen LogP contribution in [0.25, 0.3) is 0 Å². The van der Waals surface area contributed by atoms with E-state index in [4.69, 9.17) is 0 Å². The molecule has 0 amide bonds. The Morgan fingerprint density at radius 1 is 1.11 bits per heavy atom. The number of benzene rings is 1. The van der Waals surface area contributed by atoms with Crippen LogP contribution in [0.4, 0.5) is 0 Å². The Kier molecular flexibility index (Phi) is 6.20. The van der Waals surface area contributed by atoms with Gasteiger partial charge in [0, 0.05) is 19.1 Å². The van der Waals surface area contributed by atoms with Crippen LogP contribution in [0.15, 0.2) is 50.9 Å². The molecule has 0 saturated carbocycles. The van der Waals surface area contributed by atoms with Gasteiger partial charge in [-0.3, -0.25) is 0 Å². The number of thiophene rings is 1. The van der Waals surface area contributed by atoms with Gasteiger partial charge in [0.15, 0.2) is 0 Å². The van der Waals surface area contributed by atoms with Gasteiger partial charge >= 0.3 is 5.97 Å². The van der Waals surface area contributed by atoms with E-state index in [0.29, 0.717) is 12.8 Å². The van der Waals surface area contributed by atoms with Gasteiger partial charge in [0.1, 0.15) is 4.21 Å². The largest absolute Gasteiger partial charge is 0.465 e. The minimum Gasteiger partial charge on any atom is -0.465 e. The van der Waals surface area contributed by atoms with Crippen molar-refractivity contribution in [3.8, 4) is 0 Å². The van der Waals surface area contributed by atoms with E-state index in [1.165, 1.54) is 29.6 Å². The number of ether oxygens (including phenoxy) is 1. The lowest BCUT2D eigenvalue weighted by atomic mass is 10.1. The molecule has 3 rings (SSSR count). The minimum absolute atomic E-state index is 0.0227. The van der Waals surface area contributed by atoms with Crippen molar-refractivity contribution < 1.29 is 26.4 Å². The Morgan fingerprint density at radius 3 is 2.39 bits per heavy atom. The van der Waals surface area contributed by atoms with E-state index in [1.807, 2.05) is 0 Å². The van der Waals surface area contributed by atoms with Gasteiger partial charge in [0.05, 0.1) is 17.6 Å². The first kappa shape index (κ1) is 20.9. The second kappa shape index (κ2) is 8.29. The number of carbonyl (C=O) groups excluding carboxylic acids is 1. The molecule has 1 aliphatic heterocycles. The molecule has 1 aromatic carbocycles. The predicted octanol–water partition coefficient (Wildman–Crippen LogP) is 1.67. The predicted molar refractivity (Wildman–Crippen MR) is 104 cm³/mol. The van der Waals surface area contributed by atoms with Gasteiger partial charge in [-0.15, -0.1) is 11.3 Å². The van der Waals surface area contributed by atoms with Crippen molar-refractivity contribution in [3.05, 3.63) is 47.3 Å². The number of esters is 1. The SMILES string of the molecule is COC(=O)c1ccccc1S(=O)(=O)N1CCC(NS(=O)(=O)c2cccs2)CC1. The number of nitrogens with one attached hydrogen (secondary N) is 1. The van der Waals surface area contributed by atoms with E-state index in [0.717, 1.165) is 11.3 Å². The Hall–Kier alpha value is -1.79. The van der Waals surface area contributed by atoms with Crippen LogP contribution >= 0.6 is 11.3 Å². The maximum Gasteiger partial charge on any atom is 0.339 e. The second-order valence-electron chi connectivity index (χ2n) is 6.22. The van der Waals surface area contributed by atoms with Crippen molar-refractivity contribution in [2.75, 3.05) is 20.2 Å². The Bertz CT molecular complexity index is 1040. The highest BCUT2D eigenvalue weighted by molar-refractivity contribution is 7.91. The molecule has 152 valence electrons. The molecule has 0 aliphatic carbocycles. The standard InChI is InChI=1S/C17H20N2O6S3/c1-25-17(20)14-5-2-3-6-15(14)28(23,24)19-10-8-13(9-11-19)18-27(21,22)16-7-4-12-26-16/h2-7,12-13,18H,8-11H2,1H3. The van der Waals surface area contributed by atoms with E-state index >= 15 is 0 Å². The zero-order valence-electron chi connectivity index (χ0n) is 15.1. The molecule has 2 heterocycles. The van der Waals surface area contributed by atoms with Gasteiger partial charge in [-0.05, 0) is 36.4 Å². The van der Waals surface area contributed by atoms with E-state index in [1.54, 1.807) is 23.6 Å². The lowest BCUT2D eigenvalue weighted by molar-refractivity contribution is 0.0596. The average molecular weight is 445 g/mol. The first-order valence-corrected chi connectivity index (χ1v) is 12.3. The van der Waals surface area contributed by atoms with E-state index in [2.05, 4.69) is 9.46 Å². The van der Waals surface area contributed by atoms with Gasteiger partial charge in [-0.25, -0.2) is 26.4 Å². The zero-order valence-corrected chi connectivity index (χ0v) is 17.5. The molecule has 1 aromatic heterocycles. The number of piperidine rings is 1. The lowest BCUT2D eigenvalue weighted by Gasteiger charge is -2.31. The number of nitrogens with zero attached hydrogens (tertiary/aromatic N) is 1. The number of sulfonamides is 2. The maximum atomic E-state index is 13.0. The van der Waals surface area contributed by atoms with Crippen LogP contribution in [0, 0.1) is 0 Å². The third kappa shape index (κ3) is 4.28. The number of hydrogen-bond donors (Lipinski definition) is 1. The molecule has 8 nitrogen and oxygen atoms in total. The number of methoxy groups -OCH3 is 1. The first-order chi connectivity index (χ1) is 13.3. The number of hydrogen-bond acceptors (Lipinski definition) is 7. The highest BCUT2D eigenvalue weighted by Crippen LogP contribution is 2.25. The fourth-order valence-electron chi connectivity index (χ4n) is 3.02. The molecular formula is C17H20N2O6S3. The van der Waals surface area contributed by atoms with Crippen LogP contribution in [0.2, 0.25) is 0 Å². The van der Waals surface area contributed by atoms with Gasteiger partial charge in [-0.2, -0.15) is 4.31 Å². The molecule has 0 bridgehead atoms. The summed E-state index contributed by atoms with van der Waals surface area (Å²) in [6.07, 6.45) is 0.675. The molecule has 1 N–H and O–H groups in total. The highest BCUT2D eigenvalue weighted by Gasteiger charge is 2.33. The fraction of sp³-hybridized carbons (Fsp3) is 0.353. The van der Waals surface area contributed by atoms with E-state index in [-0.39, 0.29) is 33.8 Å². The van der Waals surface area contributed by atoms with Crippen LogP contribution in [0.1, 0.15) is 23.2 Å². The topological polar surface area (TPSA) is 110 Å². The van der Waals surface area contributed by atoms with Crippen molar-refractivity contribution in [3.63, 3.8) is 0 Å². The quantitative estimate of drug-likeness (QED) is 0.679. The van der Waals surface area contributed by atoms with Crippen molar-refractivity contribution in [1.82, 2.24) is 9.03 Å². The van der Waals surface area contributed by atoms with Gasteiger partial charge in [0.2, 0.25) is 20.0 Å². The summed E-state index contributed by atoms with van der Waals surface area (Å²) in [5.41, 5.74) is -0.0227. The van der Waals surface area contributed by atoms with Crippen molar-refractivity contribution in [2.45, 2.75) is 28.0 Å². The van der Waals surface area contributed by atoms with Crippen LogP contribution in [0.5, 0.6) is 0 Å². The molecule has 1 saturated heterocycles. The molecular weight excluding hydrogens is 424 g/mol. The molecule has 2 aromatic rings. The molecule has 1 aliphatic rings. The summed E-state index contributed by atoms with van der Waals surface area (Å²) in [4.78, 5) is 11.8. The first-order valence-electron chi connectivity index (χ1n) is 8.49. The minimum atomic E-state index is -3.90. The number of carbonyl (C=O) groups is 1. The lowest BCUT2D eigenvalue weighted by Crippen LogP contribution is -2.46. The summed E-state index contributed by atoms with van der Waals surface area (Å²) in [6.45, 7) is 0.297. The van der Waals surface area contributed by atoms with Crippen LogP contribution in [0.3, 0.4) is 0 Å². The van der Waals surface area contributed by atoms with Crippen LogP contribution in [-0.4, -0.2) is 53.4 Å². The Labute approximate surface area is 168 Å². The van der Waals surface area contributed by atoms with Gasteiger partial charge in [-0.1, -0.05) is 18.2 Å². The molecule has 0 radical (unpaired) electrons. The zero-order chi connectivity index (χ0) is 20.4. The van der Waals surface area contributed by atoms with Crippen molar-refractivity contribution >= 4 is 37.4 Å².